The van der Waals surface area contributed by atoms with Gasteiger partial charge in [0.2, 0.25) is 5.39 Å². The monoisotopic (exact) mass is 515 g/mol. The van der Waals surface area contributed by atoms with Crippen molar-refractivity contribution in [2.24, 2.45) is 17.8 Å². The summed E-state index contributed by atoms with van der Waals surface area (Å²) in [6, 6.07) is 0. The molecule has 0 fully saturated rings. The zero-order valence-corrected chi connectivity index (χ0v) is 24.6. The zero-order valence-electron chi connectivity index (χ0n) is 24.6. The first-order valence-corrected chi connectivity index (χ1v) is 14.3. The van der Waals surface area contributed by atoms with Crippen molar-refractivity contribution >= 4 is 0 Å². The van der Waals surface area contributed by atoms with E-state index >= 15 is 0 Å². The zero-order chi connectivity index (χ0) is 27.8. The first kappa shape index (κ1) is 30.8. The molecular weight excluding hydrogens is 464 g/mol. The largest absolute Gasteiger partial charge is 0.507 e. The maximum Gasteiger partial charge on any atom is 0.429 e. The van der Waals surface area contributed by atoms with E-state index in [9.17, 15) is 10.2 Å². The Balaban J connectivity index is 2.01. The van der Waals surface area contributed by atoms with Crippen LogP contribution in [0.2, 0.25) is 0 Å². The van der Waals surface area contributed by atoms with E-state index in [1.807, 2.05) is 27.7 Å². The van der Waals surface area contributed by atoms with Crippen LogP contribution in [0.15, 0.2) is 12.1 Å². The number of benzene rings is 1. The van der Waals surface area contributed by atoms with Crippen LogP contribution in [0.25, 0.3) is 4.98 Å². The van der Waals surface area contributed by atoms with E-state index in [0.29, 0.717) is 12.3 Å². The third-order valence-electron chi connectivity index (χ3n) is 8.42. The molecule has 0 bridgehead atoms. The second kappa shape index (κ2) is 13.9. The molecule has 37 heavy (non-hydrogen) atoms. The molecule has 6 heteroatoms. The number of aliphatic hydroxyl groups is 1. The van der Waals surface area contributed by atoms with Gasteiger partial charge in [-0.1, -0.05) is 72.6 Å². The number of fused-ring (bicyclic) bond motifs is 1. The Kier molecular flexibility index (Phi) is 11.6. The Hall–Kier alpha value is -2.42. The Bertz CT molecular complexity index is 965. The molecular formula is C31H51N2O4+. The van der Waals surface area contributed by atoms with Crippen molar-refractivity contribution in [3.63, 3.8) is 0 Å². The van der Waals surface area contributed by atoms with Crippen LogP contribution in [0.5, 0.6) is 11.5 Å². The number of aliphatic hydroxyl groups excluding tert-OH is 1. The van der Waals surface area contributed by atoms with Crippen molar-refractivity contribution in [3.8, 4) is 11.5 Å². The van der Waals surface area contributed by atoms with Crippen molar-refractivity contribution in [1.29, 1.82) is 5.39 Å². The molecule has 1 heterocycles. The van der Waals surface area contributed by atoms with Crippen LogP contribution in [0, 0.1) is 43.9 Å². The Morgan fingerprint density at radius 2 is 1.57 bits per heavy atom. The van der Waals surface area contributed by atoms with Crippen LogP contribution in [-0.2, 0) is 11.2 Å². The molecule has 0 aromatic heterocycles. The number of phenolic OH excluding ortho intramolecular Hbond substituents is 1. The number of ether oxygens (including phenoxy) is 2. The molecule has 1 aromatic carbocycles. The van der Waals surface area contributed by atoms with Crippen molar-refractivity contribution < 1.29 is 19.7 Å². The molecule has 0 spiro atoms. The van der Waals surface area contributed by atoms with Crippen molar-refractivity contribution in [2.45, 2.75) is 131 Å². The highest BCUT2D eigenvalue weighted by Crippen LogP contribution is 2.45. The molecule has 0 aliphatic carbocycles. The minimum absolute atomic E-state index is 0.274. The lowest BCUT2D eigenvalue weighted by Crippen LogP contribution is -2.50. The second-order valence-electron chi connectivity index (χ2n) is 12.2. The molecule has 1 aliphatic heterocycles. The Morgan fingerprint density at radius 1 is 1.00 bits per heavy atom. The number of rotatable bonds is 14. The van der Waals surface area contributed by atoms with Gasteiger partial charge in [-0.2, -0.15) is 0 Å². The predicted molar refractivity (Wildman–Crippen MR) is 150 cm³/mol. The van der Waals surface area contributed by atoms with Crippen molar-refractivity contribution in [2.75, 3.05) is 0 Å². The van der Waals surface area contributed by atoms with Crippen molar-refractivity contribution in [1.82, 2.24) is 0 Å². The first-order chi connectivity index (χ1) is 17.4. The summed E-state index contributed by atoms with van der Waals surface area (Å²) < 4.78 is 12.5. The fourth-order valence-corrected chi connectivity index (χ4v) is 5.64. The molecule has 4 atom stereocenters. The van der Waals surface area contributed by atoms with Crippen LogP contribution >= 0.6 is 0 Å². The van der Waals surface area contributed by atoms with E-state index in [1.54, 1.807) is 0 Å². The standard InChI is InChI=1S/C31H50N2O4/c1-20(2)12-9-13-21(3)14-10-15-22(4)16-11-17-31(8)27(36-28(34)19-33-32)18-26-25(7)29(35)23(5)24(6)30(26)37-31/h19-22,27H,9-18H2,1-8H3,(H-,34,35)/p+1/b28-19+/t21-,22-,27-,31-/m1/s1. The number of aromatic hydroxyl groups is 1. The summed E-state index contributed by atoms with van der Waals surface area (Å²) in [5, 5.41) is 29.5. The fraction of sp³-hybridized carbons (Fsp3) is 0.742. The smallest absolute Gasteiger partial charge is 0.429 e. The molecule has 0 saturated heterocycles. The molecule has 208 valence electrons. The summed E-state index contributed by atoms with van der Waals surface area (Å²) in [7, 11) is 0. The summed E-state index contributed by atoms with van der Waals surface area (Å²) >= 11 is 0. The summed E-state index contributed by atoms with van der Waals surface area (Å²) in [6.45, 7) is 17.1. The SMILES string of the molecule is Cc1c(C)c2c(c(C)c1O)C[C@@H](O/C(O)=C/[N+]#N)[C@@](C)(CCC[C@H](C)CCC[C@H](C)CCCC(C)C)O2. The molecule has 2 rings (SSSR count). The number of hydrogen-bond donors (Lipinski definition) is 2. The van der Waals surface area contributed by atoms with E-state index in [2.05, 4.69) is 32.7 Å². The molecule has 1 aliphatic rings. The van der Waals surface area contributed by atoms with Crippen LogP contribution in [0.4, 0.5) is 0 Å². The van der Waals surface area contributed by atoms with E-state index in [1.165, 1.54) is 38.5 Å². The van der Waals surface area contributed by atoms with E-state index < -0.39 is 17.7 Å². The van der Waals surface area contributed by atoms with Gasteiger partial charge in [-0.15, -0.1) is 0 Å². The average molecular weight is 516 g/mol. The summed E-state index contributed by atoms with van der Waals surface area (Å²) in [5.74, 6) is 2.88. The molecule has 0 radical (unpaired) electrons. The van der Waals surface area contributed by atoms with Crippen LogP contribution < -0.4 is 4.74 Å². The lowest BCUT2D eigenvalue weighted by Gasteiger charge is -2.43. The quantitative estimate of drug-likeness (QED) is 0.191. The van der Waals surface area contributed by atoms with Gasteiger partial charge in [-0.3, -0.25) is 0 Å². The van der Waals surface area contributed by atoms with Crippen LogP contribution in [-0.4, -0.2) is 21.9 Å². The van der Waals surface area contributed by atoms with Gasteiger partial charge in [-0.25, -0.2) is 0 Å². The fourth-order valence-electron chi connectivity index (χ4n) is 5.64. The Morgan fingerprint density at radius 3 is 2.14 bits per heavy atom. The average Bonchev–Trinajstić information content (AvgIpc) is 2.82. The van der Waals surface area contributed by atoms with Gasteiger partial charge in [-0.05, 0) is 75.0 Å². The van der Waals surface area contributed by atoms with E-state index in [4.69, 9.17) is 14.9 Å². The van der Waals surface area contributed by atoms with Gasteiger partial charge in [0.15, 0.2) is 4.98 Å². The topological polar surface area (TPSA) is 87.1 Å². The maximum atomic E-state index is 10.6. The van der Waals surface area contributed by atoms with Gasteiger partial charge < -0.3 is 19.7 Å². The minimum atomic E-state index is -0.671. The summed E-state index contributed by atoms with van der Waals surface area (Å²) in [6.07, 6.45) is 11.6. The molecule has 0 saturated carbocycles. The molecule has 2 N–H and O–H groups in total. The number of phenols is 1. The van der Waals surface area contributed by atoms with Gasteiger partial charge >= 0.3 is 12.1 Å². The Labute approximate surface area is 225 Å². The van der Waals surface area contributed by atoms with Crippen LogP contribution in [0.1, 0.15) is 115 Å². The van der Waals surface area contributed by atoms with Gasteiger partial charge in [0, 0.05) is 12.0 Å². The maximum absolute atomic E-state index is 10.6. The molecule has 1 aromatic rings. The van der Waals surface area contributed by atoms with Gasteiger partial charge in [0.25, 0.3) is 0 Å². The highest BCUT2D eigenvalue weighted by atomic mass is 16.6. The van der Waals surface area contributed by atoms with Crippen molar-refractivity contribution in [3.05, 3.63) is 39.4 Å². The lowest BCUT2D eigenvalue weighted by molar-refractivity contribution is -0.100. The molecule has 0 amide bonds. The molecule has 0 unspecified atom stereocenters. The first-order valence-electron chi connectivity index (χ1n) is 14.3. The third-order valence-corrected chi connectivity index (χ3v) is 8.42. The number of hydrogen-bond acceptors (Lipinski definition) is 5. The second-order valence-corrected chi connectivity index (χ2v) is 12.2. The normalized spacial score (nSPS) is 21.2. The van der Waals surface area contributed by atoms with E-state index in [-0.39, 0.29) is 5.75 Å². The van der Waals surface area contributed by atoms with Gasteiger partial charge in [0.1, 0.15) is 23.2 Å². The highest BCUT2D eigenvalue weighted by molar-refractivity contribution is 5.58. The lowest BCUT2D eigenvalue weighted by atomic mass is 9.81. The summed E-state index contributed by atoms with van der Waals surface area (Å²) in [4.78, 5) is 2.88. The predicted octanol–water partition coefficient (Wildman–Crippen LogP) is 9.05. The molecule has 6 nitrogen and oxygen atoms in total. The number of nitrogens with zero attached hydrogens (tertiary/aromatic N) is 2. The third kappa shape index (κ3) is 8.55. The number of diazo groups is 1. The van der Waals surface area contributed by atoms with Gasteiger partial charge in [0.05, 0.1) is 0 Å². The van der Waals surface area contributed by atoms with E-state index in [0.717, 1.165) is 65.3 Å². The highest BCUT2D eigenvalue weighted by Gasteiger charge is 2.44. The van der Waals surface area contributed by atoms with Crippen LogP contribution in [0.3, 0.4) is 0 Å². The summed E-state index contributed by atoms with van der Waals surface area (Å²) in [5.41, 5.74) is 2.76. The minimum Gasteiger partial charge on any atom is -0.507 e.